The number of carbonyl (C=O) groups excluding carboxylic acids is 1. The van der Waals surface area contributed by atoms with Crippen molar-refractivity contribution in [3.05, 3.63) is 29.3 Å². The molecule has 1 aromatic carbocycles. The molecule has 3 N–H and O–H groups in total. The largest absolute Gasteiger partial charge is 0.493 e. The topological polar surface area (TPSA) is 64.3 Å². The third-order valence-corrected chi connectivity index (χ3v) is 3.48. The van der Waals surface area contributed by atoms with Gasteiger partial charge in [0.2, 0.25) is 5.91 Å². The molecule has 0 aliphatic rings. The predicted molar refractivity (Wildman–Crippen MR) is 93.7 cm³/mol. The monoisotopic (exact) mass is 328 g/mol. The quantitative estimate of drug-likeness (QED) is 0.771. The normalized spacial score (nSPS) is 11.7. The molecule has 0 heterocycles. The van der Waals surface area contributed by atoms with Crippen molar-refractivity contribution in [1.29, 1.82) is 0 Å². The summed E-state index contributed by atoms with van der Waals surface area (Å²) >= 11 is 0. The van der Waals surface area contributed by atoms with Crippen LogP contribution in [0.15, 0.2) is 18.2 Å². The first-order valence-corrected chi connectivity index (χ1v) is 7.61. The van der Waals surface area contributed by atoms with Gasteiger partial charge in [0.25, 0.3) is 0 Å². The summed E-state index contributed by atoms with van der Waals surface area (Å²) in [6, 6.07) is 6.01. The Hall–Kier alpha value is -1.26. The van der Waals surface area contributed by atoms with Crippen LogP contribution < -0.4 is 15.8 Å². The molecule has 0 aromatic heterocycles. The summed E-state index contributed by atoms with van der Waals surface area (Å²) in [4.78, 5) is 11.9. The standard InChI is InChI=1S/C17H28N2O2.ClH/c1-12(2)9-15(11-18)19-17(20)7-8-21-16-6-5-13(3)14(4)10-16;/h5-6,10,12,15H,7-9,11,18H2,1-4H3,(H,19,20);1H. The minimum atomic E-state index is -0.00469. The number of benzene rings is 1. The molecule has 0 fully saturated rings. The lowest BCUT2D eigenvalue weighted by Gasteiger charge is -2.18. The molecule has 1 aromatic rings. The smallest absolute Gasteiger partial charge is 0.223 e. The van der Waals surface area contributed by atoms with Crippen LogP contribution >= 0.6 is 12.4 Å². The summed E-state index contributed by atoms with van der Waals surface area (Å²) in [6.07, 6.45) is 1.25. The number of rotatable bonds is 8. The number of carbonyl (C=O) groups is 1. The van der Waals surface area contributed by atoms with Gasteiger partial charge in [0.05, 0.1) is 13.0 Å². The molecule has 5 heteroatoms. The van der Waals surface area contributed by atoms with Crippen LogP contribution in [0.4, 0.5) is 0 Å². The first kappa shape index (κ1) is 20.7. The second kappa shape index (κ2) is 10.5. The fourth-order valence-electron chi connectivity index (χ4n) is 2.15. The first-order valence-electron chi connectivity index (χ1n) is 7.61. The summed E-state index contributed by atoms with van der Waals surface area (Å²) in [5.74, 6) is 1.32. The van der Waals surface area contributed by atoms with Crippen molar-refractivity contribution in [2.24, 2.45) is 11.7 Å². The van der Waals surface area contributed by atoms with Gasteiger partial charge in [-0.2, -0.15) is 0 Å². The second-order valence-electron chi connectivity index (χ2n) is 5.97. The molecule has 22 heavy (non-hydrogen) atoms. The SMILES string of the molecule is Cc1ccc(OCCC(=O)NC(CN)CC(C)C)cc1C.Cl. The third-order valence-electron chi connectivity index (χ3n) is 3.48. The van der Waals surface area contributed by atoms with Gasteiger partial charge >= 0.3 is 0 Å². The van der Waals surface area contributed by atoms with Crippen molar-refractivity contribution in [2.45, 2.75) is 46.6 Å². The number of nitrogens with one attached hydrogen (secondary N) is 1. The van der Waals surface area contributed by atoms with E-state index in [9.17, 15) is 4.79 Å². The van der Waals surface area contributed by atoms with Gasteiger partial charge in [-0.05, 0) is 49.4 Å². The summed E-state index contributed by atoms with van der Waals surface area (Å²) in [5.41, 5.74) is 8.10. The Morgan fingerprint density at radius 3 is 2.50 bits per heavy atom. The maximum absolute atomic E-state index is 11.9. The Balaban J connectivity index is 0.00000441. The summed E-state index contributed by atoms with van der Waals surface area (Å²) in [5, 5.41) is 2.96. The van der Waals surface area contributed by atoms with Gasteiger partial charge in [-0.15, -0.1) is 12.4 Å². The van der Waals surface area contributed by atoms with Crippen LogP contribution in [0, 0.1) is 19.8 Å². The Morgan fingerprint density at radius 1 is 1.27 bits per heavy atom. The van der Waals surface area contributed by atoms with E-state index < -0.39 is 0 Å². The van der Waals surface area contributed by atoms with E-state index in [4.69, 9.17) is 10.5 Å². The van der Waals surface area contributed by atoms with Crippen LogP contribution in [0.3, 0.4) is 0 Å². The molecule has 1 amide bonds. The van der Waals surface area contributed by atoms with Crippen molar-refractivity contribution in [3.8, 4) is 5.75 Å². The van der Waals surface area contributed by atoms with E-state index in [2.05, 4.69) is 26.1 Å². The van der Waals surface area contributed by atoms with E-state index in [0.717, 1.165) is 12.2 Å². The van der Waals surface area contributed by atoms with E-state index in [1.54, 1.807) is 0 Å². The van der Waals surface area contributed by atoms with Crippen LogP contribution in [0.1, 0.15) is 37.8 Å². The zero-order chi connectivity index (χ0) is 15.8. The molecule has 0 radical (unpaired) electrons. The highest BCUT2D eigenvalue weighted by atomic mass is 35.5. The maximum atomic E-state index is 11.9. The zero-order valence-electron chi connectivity index (χ0n) is 14.0. The average molecular weight is 329 g/mol. The maximum Gasteiger partial charge on any atom is 0.223 e. The molecule has 0 bridgehead atoms. The molecule has 4 nitrogen and oxygen atoms in total. The van der Waals surface area contributed by atoms with Crippen molar-refractivity contribution >= 4 is 18.3 Å². The van der Waals surface area contributed by atoms with Crippen molar-refractivity contribution < 1.29 is 9.53 Å². The van der Waals surface area contributed by atoms with Crippen LogP contribution in [0.2, 0.25) is 0 Å². The number of hydrogen-bond donors (Lipinski definition) is 2. The fourth-order valence-corrected chi connectivity index (χ4v) is 2.15. The van der Waals surface area contributed by atoms with E-state index in [-0.39, 0.29) is 24.4 Å². The van der Waals surface area contributed by atoms with Crippen molar-refractivity contribution in [2.75, 3.05) is 13.2 Å². The van der Waals surface area contributed by atoms with Crippen LogP contribution in [0.25, 0.3) is 0 Å². The molecule has 1 rings (SSSR count). The predicted octanol–water partition coefficient (Wildman–Crippen LogP) is 2.98. The molecule has 1 atom stereocenters. The van der Waals surface area contributed by atoms with Crippen molar-refractivity contribution in [1.82, 2.24) is 5.32 Å². The molecule has 0 saturated heterocycles. The minimum Gasteiger partial charge on any atom is -0.493 e. The second-order valence-corrected chi connectivity index (χ2v) is 5.97. The highest BCUT2D eigenvalue weighted by molar-refractivity contribution is 5.85. The Kier molecular flexibility index (Phi) is 9.86. The van der Waals surface area contributed by atoms with Crippen LogP contribution in [-0.2, 0) is 4.79 Å². The number of ether oxygens (including phenoxy) is 1. The number of amides is 1. The first-order chi connectivity index (χ1) is 9.92. The lowest BCUT2D eigenvalue weighted by molar-refractivity contribution is -0.122. The van der Waals surface area contributed by atoms with E-state index in [1.807, 2.05) is 25.1 Å². The summed E-state index contributed by atoms with van der Waals surface area (Å²) < 4.78 is 5.62. The lowest BCUT2D eigenvalue weighted by atomic mass is 10.0. The summed E-state index contributed by atoms with van der Waals surface area (Å²) in [7, 11) is 0. The van der Waals surface area contributed by atoms with Gasteiger partial charge in [-0.3, -0.25) is 4.79 Å². The van der Waals surface area contributed by atoms with Gasteiger partial charge in [0.1, 0.15) is 5.75 Å². The molecule has 0 spiro atoms. The van der Waals surface area contributed by atoms with E-state index in [0.29, 0.717) is 25.5 Å². The molecule has 0 aliphatic carbocycles. The van der Waals surface area contributed by atoms with E-state index in [1.165, 1.54) is 11.1 Å². The molecular weight excluding hydrogens is 300 g/mol. The van der Waals surface area contributed by atoms with Gasteiger partial charge in [0.15, 0.2) is 0 Å². The van der Waals surface area contributed by atoms with Crippen LogP contribution in [-0.4, -0.2) is 25.1 Å². The number of nitrogens with two attached hydrogens (primary N) is 1. The molecule has 0 aliphatic heterocycles. The van der Waals surface area contributed by atoms with Gasteiger partial charge < -0.3 is 15.8 Å². The molecule has 1 unspecified atom stereocenters. The zero-order valence-corrected chi connectivity index (χ0v) is 14.8. The number of hydrogen-bond acceptors (Lipinski definition) is 3. The minimum absolute atomic E-state index is 0. The lowest BCUT2D eigenvalue weighted by Crippen LogP contribution is -2.41. The third kappa shape index (κ3) is 7.66. The van der Waals surface area contributed by atoms with E-state index >= 15 is 0 Å². The number of halogens is 1. The molecular formula is C17H29ClN2O2. The number of aryl methyl sites for hydroxylation is 2. The Labute approximate surface area is 140 Å². The molecule has 126 valence electrons. The van der Waals surface area contributed by atoms with Gasteiger partial charge in [-0.25, -0.2) is 0 Å². The van der Waals surface area contributed by atoms with Gasteiger partial charge in [0, 0.05) is 12.6 Å². The Morgan fingerprint density at radius 2 is 1.95 bits per heavy atom. The average Bonchev–Trinajstić information content (AvgIpc) is 2.41. The fraction of sp³-hybridized carbons (Fsp3) is 0.588. The summed E-state index contributed by atoms with van der Waals surface area (Å²) in [6.45, 7) is 9.21. The van der Waals surface area contributed by atoms with Crippen molar-refractivity contribution in [3.63, 3.8) is 0 Å². The highest BCUT2D eigenvalue weighted by Crippen LogP contribution is 2.16. The van der Waals surface area contributed by atoms with Gasteiger partial charge in [-0.1, -0.05) is 19.9 Å². The highest BCUT2D eigenvalue weighted by Gasteiger charge is 2.12. The molecule has 0 saturated carbocycles. The Bertz CT molecular complexity index is 464. The van der Waals surface area contributed by atoms with Crippen LogP contribution in [0.5, 0.6) is 5.75 Å².